The van der Waals surface area contributed by atoms with E-state index in [-0.39, 0.29) is 26.9 Å². The van der Waals surface area contributed by atoms with Crippen LogP contribution < -0.4 is 4.74 Å². The Bertz CT molecular complexity index is 1620. The first-order valence-corrected chi connectivity index (χ1v) is 10.5. The number of nitrogens with zero attached hydrogens (tertiary/aromatic N) is 3. The molecule has 0 fully saturated rings. The van der Waals surface area contributed by atoms with Gasteiger partial charge in [-0.25, -0.2) is 25.5 Å². The van der Waals surface area contributed by atoms with Crippen molar-refractivity contribution in [3.8, 4) is 28.6 Å². The number of hydrogen-bond donors (Lipinski definition) is 0. The summed E-state index contributed by atoms with van der Waals surface area (Å²) in [5.41, 5.74) is 3.24. The Balaban J connectivity index is 0.00000241. The quantitative estimate of drug-likeness (QED) is 0.204. The molecule has 0 amide bonds. The van der Waals surface area contributed by atoms with Crippen molar-refractivity contribution in [2.24, 2.45) is 0 Å². The average molecular weight is 625 g/mol. The molecule has 34 heavy (non-hydrogen) atoms. The number of halogens is 1. The number of pyridine rings is 2. The maximum atomic E-state index is 14.8. The van der Waals surface area contributed by atoms with Gasteiger partial charge in [-0.2, -0.15) is 24.3 Å². The minimum atomic E-state index is -0.392. The van der Waals surface area contributed by atoms with Gasteiger partial charge in [-0.1, -0.05) is 29.7 Å². The molecule has 0 saturated carbocycles. The van der Waals surface area contributed by atoms with E-state index in [0.29, 0.717) is 11.6 Å². The predicted octanol–water partition coefficient (Wildman–Crippen LogP) is 6.77. The molecule has 0 bridgehead atoms. The largest absolute Gasteiger partial charge is 2.00 e. The van der Waals surface area contributed by atoms with E-state index in [0.717, 1.165) is 32.9 Å². The van der Waals surface area contributed by atoms with Gasteiger partial charge < -0.3 is 9.30 Å². The van der Waals surface area contributed by atoms with E-state index in [1.807, 2.05) is 71.3 Å². The smallest absolute Gasteiger partial charge is 0.460 e. The molecule has 0 unspecified atom stereocenters. The summed E-state index contributed by atoms with van der Waals surface area (Å²) in [7, 11) is 0. The number of aromatic nitrogens is 3. The van der Waals surface area contributed by atoms with Gasteiger partial charge in [-0.3, -0.25) is 0 Å². The Kier molecular flexibility index (Phi) is 5.95. The second kappa shape index (κ2) is 9.20. The van der Waals surface area contributed by atoms with Gasteiger partial charge in [0.25, 0.3) is 0 Å². The molecule has 0 radical (unpaired) electrons. The minimum absolute atomic E-state index is 0. The first-order valence-electron chi connectivity index (χ1n) is 10.5. The second-order valence-electron chi connectivity index (χ2n) is 7.49. The fourth-order valence-corrected chi connectivity index (χ4v) is 4.00. The summed E-state index contributed by atoms with van der Waals surface area (Å²) in [6, 6.07) is 32.8. The van der Waals surface area contributed by atoms with Gasteiger partial charge in [0.1, 0.15) is 0 Å². The minimum Gasteiger partial charge on any atom is -0.460 e. The number of rotatable bonds is 4. The molecule has 6 aromatic rings. The molecule has 3 heterocycles. The molecule has 0 aliphatic rings. The summed E-state index contributed by atoms with van der Waals surface area (Å²) in [6.45, 7) is 0. The van der Waals surface area contributed by atoms with Crippen LogP contribution in [0.3, 0.4) is 0 Å². The zero-order valence-corrected chi connectivity index (χ0v) is 20.0. The zero-order chi connectivity index (χ0) is 22.2. The Hall–Kier alpha value is -3.82. The van der Waals surface area contributed by atoms with E-state index in [9.17, 15) is 4.39 Å². The fraction of sp³-hybridized carbons (Fsp3) is 0. The monoisotopic (exact) mass is 624 g/mol. The van der Waals surface area contributed by atoms with Crippen molar-refractivity contribution >= 4 is 21.8 Å². The Morgan fingerprint density at radius 3 is 2.38 bits per heavy atom. The maximum Gasteiger partial charge on any atom is 2.00 e. The molecule has 6 rings (SSSR count). The van der Waals surface area contributed by atoms with Gasteiger partial charge in [0.05, 0.1) is 0 Å². The van der Waals surface area contributed by atoms with Crippen LogP contribution in [-0.4, -0.2) is 14.5 Å². The first-order chi connectivity index (χ1) is 16.3. The van der Waals surface area contributed by atoms with Crippen molar-refractivity contribution in [1.82, 2.24) is 14.5 Å². The van der Waals surface area contributed by atoms with Crippen LogP contribution in [0.1, 0.15) is 0 Å². The van der Waals surface area contributed by atoms with E-state index >= 15 is 0 Å². The average Bonchev–Trinajstić information content (AvgIpc) is 3.19. The Morgan fingerprint density at radius 1 is 0.706 bits per heavy atom. The van der Waals surface area contributed by atoms with Crippen molar-refractivity contribution in [2.45, 2.75) is 0 Å². The van der Waals surface area contributed by atoms with Crippen LogP contribution in [0, 0.1) is 17.9 Å². The molecule has 166 valence electrons. The standard InChI is InChI=1S/C28H16FN3O.Pt/c29-24-10-6-16-31-28(24)32-25-11-2-1-9-22(25)23-14-13-20(18-26(23)32)19-7-5-8-21(17-19)33-27-12-3-4-15-30-27;/h1-16H;/q-2;+2. The molecular weight excluding hydrogens is 608 g/mol. The topological polar surface area (TPSA) is 39.9 Å². The Labute approximate surface area is 209 Å². The molecular formula is C28H16FN3OPt. The van der Waals surface area contributed by atoms with Gasteiger partial charge in [0.15, 0.2) is 11.6 Å². The van der Waals surface area contributed by atoms with Gasteiger partial charge in [0.2, 0.25) is 5.88 Å². The van der Waals surface area contributed by atoms with Crippen molar-refractivity contribution < 1.29 is 30.2 Å². The van der Waals surface area contributed by atoms with Crippen LogP contribution in [0.25, 0.3) is 38.8 Å². The molecule has 0 aliphatic heterocycles. The number of ether oxygens (including phenoxy) is 1. The third-order valence-electron chi connectivity index (χ3n) is 5.45. The normalized spacial score (nSPS) is 10.9. The van der Waals surface area contributed by atoms with Crippen LogP contribution in [0.15, 0.2) is 97.3 Å². The molecule has 3 aromatic carbocycles. The van der Waals surface area contributed by atoms with E-state index in [1.165, 1.54) is 6.07 Å². The van der Waals surface area contributed by atoms with Crippen molar-refractivity contribution in [2.75, 3.05) is 0 Å². The van der Waals surface area contributed by atoms with Crippen molar-refractivity contribution in [3.05, 3.63) is 115 Å². The molecule has 4 nitrogen and oxygen atoms in total. The summed E-state index contributed by atoms with van der Waals surface area (Å²) >= 11 is 0. The summed E-state index contributed by atoms with van der Waals surface area (Å²) in [5, 5.41) is 1.98. The Morgan fingerprint density at radius 2 is 1.53 bits per heavy atom. The summed E-state index contributed by atoms with van der Waals surface area (Å²) in [5.74, 6) is 0.900. The van der Waals surface area contributed by atoms with Crippen LogP contribution in [0.4, 0.5) is 4.39 Å². The summed E-state index contributed by atoms with van der Waals surface area (Å²) in [6.07, 6.45) is 3.27. The van der Waals surface area contributed by atoms with Crippen molar-refractivity contribution in [3.63, 3.8) is 0 Å². The molecule has 6 heteroatoms. The van der Waals surface area contributed by atoms with Gasteiger partial charge in [-0.05, 0) is 35.2 Å². The van der Waals surface area contributed by atoms with Crippen LogP contribution in [-0.2, 0) is 21.1 Å². The van der Waals surface area contributed by atoms with E-state index in [4.69, 9.17) is 4.74 Å². The fourth-order valence-electron chi connectivity index (χ4n) is 4.00. The summed E-state index contributed by atoms with van der Waals surface area (Å²) < 4.78 is 22.4. The third kappa shape index (κ3) is 3.89. The van der Waals surface area contributed by atoms with Crippen LogP contribution >= 0.6 is 0 Å². The third-order valence-corrected chi connectivity index (χ3v) is 5.45. The van der Waals surface area contributed by atoms with Crippen LogP contribution in [0.5, 0.6) is 11.6 Å². The first kappa shape index (κ1) is 22.0. The second-order valence-corrected chi connectivity index (χ2v) is 7.49. The SMILES string of the molecule is Fc1cccnc1-n1c2[c-]c(-c3[c-]c(Oc4ccccn4)ccc3)ccc2c2ccccc21.[Pt+2]. The molecule has 0 saturated heterocycles. The molecule has 0 aliphatic carbocycles. The van der Waals surface area contributed by atoms with E-state index in [1.54, 1.807) is 24.5 Å². The van der Waals surface area contributed by atoms with Gasteiger partial charge in [0, 0.05) is 29.7 Å². The van der Waals surface area contributed by atoms with Gasteiger partial charge in [-0.15, -0.1) is 18.2 Å². The maximum absolute atomic E-state index is 14.8. The number of benzene rings is 3. The summed E-state index contributed by atoms with van der Waals surface area (Å²) in [4.78, 5) is 8.52. The van der Waals surface area contributed by atoms with Gasteiger partial charge >= 0.3 is 21.1 Å². The number of para-hydroxylation sites is 1. The van der Waals surface area contributed by atoms with E-state index in [2.05, 4.69) is 22.1 Å². The zero-order valence-electron chi connectivity index (χ0n) is 17.7. The van der Waals surface area contributed by atoms with Crippen LogP contribution in [0.2, 0.25) is 0 Å². The molecule has 3 aromatic heterocycles. The number of fused-ring (bicyclic) bond motifs is 3. The molecule has 0 spiro atoms. The van der Waals surface area contributed by atoms with Crippen molar-refractivity contribution in [1.29, 1.82) is 0 Å². The molecule has 0 atom stereocenters. The number of hydrogen-bond acceptors (Lipinski definition) is 3. The van der Waals surface area contributed by atoms with E-state index < -0.39 is 5.82 Å². The molecule has 0 N–H and O–H groups in total. The predicted molar refractivity (Wildman–Crippen MR) is 126 cm³/mol.